The van der Waals surface area contributed by atoms with Crippen molar-refractivity contribution in [2.45, 2.75) is 35.3 Å². The first kappa shape index (κ1) is 22.0. The third-order valence-corrected chi connectivity index (χ3v) is 7.28. The molecule has 0 unspecified atom stereocenters. The maximum absolute atomic E-state index is 12.9. The van der Waals surface area contributed by atoms with Gasteiger partial charge in [0.2, 0.25) is 11.8 Å². The minimum absolute atomic E-state index is 0.0705. The third kappa shape index (κ3) is 5.45. The molecule has 1 heterocycles. The van der Waals surface area contributed by atoms with E-state index in [1.165, 1.54) is 36.0 Å². The van der Waals surface area contributed by atoms with Crippen molar-refractivity contribution in [3.8, 4) is 11.5 Å². The van der Waals surface area contributed by atoms with Crippen molar-refractivity contribution in [1.82, 2.24) is 10.2 Å². The van der Waals surface area contributed by atoms with Gasteiger partial charge < -0.3 is 4.42 Å². The Bertz CT molecular complexity index is 1130. The van der Waals surface area contributed by atoms with E-state index in [-0.39, 0.29) is 34.9 Å². The predicted molar refractivity (Wildman–Crippen MR) is 112 cm³/mol. The fourth-order valence-corrected chi connectivity index (χ4v) is 4.40. The average molecular weight is 450 g/mol. The molecule has 10 heteroatoms. The lowest BCUT2D eigenvalue weighted by atomic mass is 10.2. The maximum Gasteiger partial charge on any atom is 0.322 e. The Morgan fingerprint density at radius 1 is 1.17 bits per heavy atom. The second kappa shape index (κ2) is 9.40. The first-order chi connectivity index (χ1) is 14.3. The number of thioether (sulfide) groups is 1. The van der Waals surface area contributed by atoms with Crippen molar-refractivity contribution in [3.05, 3.63) is 54.3 Å². The van der Waals surface area contributed by atoms with Crippen LogP contribution >= 0.6 is 11.8 Å². The van der Waals surface area contributed by atoms with Gasteiger partial charge in [0.05, 0.1) is 10.1 Å². The highest BCUT2D eigenvalue weighted by Gasteiger charge is 2.20. The summed E-state index contributed by atoms with van der Waals surface area (Å²) in [6.45, 7) is 3.22. The van der Waals surface area contributed by atoms with Crippen LogP contribution < -0.4 is 5.32 Å². The molecule has 0 spiro atoms. The van der Waals surface area contributed by atoms with Gasteiger partial charge in [0, 0.05) is 22.6 Å². The number of carbonyl (C=O) groups excluding carboxylic acids is 1. The van der Waals surface area contributed by atoms with Crippen LogP contribution in [0.3, 0.4) is 0 Å². The van der Waals surface area contributed by atoms with Crippen LogP contribution in [0.4, 0.5) is 10.4 Å². The summed E-state index contributed by atoms with van der Waals surface area (Å²) < 4.78 is 43.0. The van der Waals surface area contributed by atoms with Gasteiger partial charge in [-0.05, 0) is 56.3 Å². The lowest BCUT2D eigenvalue weighted by molar-refractivity contribution is -0.115. The van der Waals surface area contributed by atoms with Crippen LogP contribution in [0, 0.1) is 5.82 Å². The van der Waals surface area contributed by atoms with E-state index in [0.29, 0.717) is 11.3 Å². The topological polar surface area (TPSA) is 102 Å². The SMILES string of the molecule is CC(C)S(=O)(=O)c1cccc(-c2nnc(NC(=O)CCSc3ccc(F)cc3)o2)c1. The number of carbonyl (C=O) groups is 1. The molecule has 3 aromatic rings. The van der Waals surface area contributed by atoms with Crippen molar-refractivity contribution < 1.29 is 22.0 Å². The first-order valence-corrected chi connectivity index (χ1v) is 11.6. The lowest BCUT2D eigenvalue weighted by Crippen LogP contribution is -2.13. The third-order valence-electron chi connectivity index (χ3n) is 4.11. The molecule has 0 bridgehead atoms. The van der Waals surface area contributed by atoms with E-state index >= 15 is 0 Å². The lowest BCUT2D eigenvalue weighted by Gasteiger charge is -2.08. The first-order valence-electron chi connectivity index (χ1n) is 9.12. The summed E-state index contributed by atoms with van der Waals surface area (Å²) in [5, 5.41) is 9.63. The molecule has 3 rings (SSSR count). The number of anilines is 1. The number of hydrogen-bond acceptors (Lipinski definition) is 7. The number of nitrogens with one attached hydrogen (secondary N) is 1. The maximum atomic E-state index is 12.9. The van der Waals surface area contributed by atoms with Crippen molar-refractivity contribution >= 4 is 33.5 Å². The van der Waals surface area contributed by atoms with Gasteiger partial charge in [-0.25, -0.2) is 12.8 Å². The molecule has 0 radical (unpaired) electrons. The molecule has 7 nitrogen and oxygen atoms in total. The fourth-order valence-electron chi connectivity index (χ4n) is 2.44. The number of rotatable bonds is 8. The molecule has 2 aromatic carbocycles. The zero-order chi connectivity index (χ0) is 21.7. The number of halogens is 1. The van der Waals surface area contributed by atoms with Crippen LogP contribution in [-0.2, 0) is 14.6 Å². The second-order valence-corrected chi connectivity index (χ2v) is 10.3. The normalized spacial score (nSPS) is 11.6. The molecule has 1 aromatic heterocycles. The Hall–Kier alpha value is -2.72. The molecule has 1 N–H and O–H groups in total. The van der Waals surface area contributed by atoms with Gasteiger partial charge in [0.25, 0.3) is 0 Å². The molecule has 0 saturated heterocycles. The summed E-state index contributed by atoms with van der Waals surface area (Å²) >= 11 is 1.43. The van der Waals surface area contributed by atoms with Crippen LogP contribution in [0.5, 0.6) is 0 Å². The number of hydrogen-bond donors (Lipinski definition) is 1. The molecule has 0 atom stereocenters. The fraction of sp³-hybridized carbons (Fsp3) is 0.250. The summed E-state index contributed by atoms with van der Waals surface area (Å²) in [4.78, 5) is 13.1. The molecule has 0 aliphatic carbocycles. The van der Waals surface area contributed by atoms with Crippen molar-refractivity contribution in [3.63, 3.8) is 0 Å². The van der Waals surface area contributed by atoms with Crippen LogP contribution in [0.25, 0.3) is 11.5 Å². The Labute approximate surface area is 178 Å². The van der Waals surface area contributed by atoms with Crippen molar-refractivity contribution in [2.75, 3.05) is 11.1 Å². The zero-order valence-electron chi connectivity index (χ0n) is 16.3. The minimum atomic E-state index is -3.44. The number of benzene rings is 2. The van der Waals surface area contributed by atoms with Crippen LogP contribution in [-0.4, -0.2) is 35.5 Å². The zero-order valence-corrected chi connectivity index (χ0v) is 18.0. The van der Waals surface area contributed by atoms with E-state index in [2.05, 4.69) is 15.5 Å². The molecule has 1 amide bonds. The molecular weight excluding hydrogens is 429 g/mol. The van der Waals surface area contributed by atoms with E-state index in [0.717, 1.165) is 4.90 Å². The molecule has 0 saturated carbocycles. The molecule has 158 valence electrons. The number of nitrogens with zero attached hydrogens (tertiary/aromatic N) is 2. The number of sulfone groups is 1. The monoisotopic (exact) mass is 449 g/mol. The van der Waals surface area contributed by atoms with E-state index < -0.39 is 15.1 Å². The van der Waals surface area contributed by atoms with Gasteiger partial charge in [0.15, 0.2) is 9.84 Å². The largest absolute Gasteiger partial charge is 0.403 e. The van der Waals surface area contributed by atoms with E-state index in [4.69, 9.17) is 4.42 Å². The van der Waals surface area contributed by atoms with Crippen LogP contribution in [0.1, 0.15) is 20.3 Å². The smallest absolute Gasteiger partial charge is 0.322 e. The summed E-state index contributed by atoms with van der Waals surface area (Å²) in [6.07, 6.45) is 0.196. The quantitative estimate of drug-likeness (QED) is 0.515. The van der Waals surface area contributed by atoms with E-state index in [9.17, 15) is 17.6 Å². The van der Waals surface area contributed by atoms with Gasteiger partial charge in [-0.15, -0.1) is 16.9 Å². The van der Waals surface area contributed by atoms with Gasteiger partial charge in [-0.2, -0.15) is 0 Å². The Morgan fingerprint density at radius 2 is 1.90 bits per heavy atom. The summed E-state index contributed by atoms with van der Waals surface area (Å²) in [6, 6.07) is 12.2. The van der Waals surface area contributed by atoms with Gasteiger partial charge >= 0.3 is 6.01 Å². The van der Waals surface area contributed by atoms with Gasteiger partial charge in [0.1, 0.15) is 5.82 Å². The minimum Gasteiger partial charge on any atom is -0.403 e. The molecule has 0 aliphatic heterocycles. The van der Waals surface area contributed by atoms with E-state index in [1.54, 1.807) is 38.1 Å². The van der Waals surface area contributed by atoms with Gasteiger partial charge in [-0.3, -0.25) is 10.1 Å². The Balaban J connectivity index is 1.60. The van der Waals surface area contributed by atoms with Crippen LogP contribution in [0.2, 0.25) is 0 Å². The highest BCUT2D eigenvalue weighted by atomic mass is 32.2. The van der Waals surface area contributed by atoms with Crippen molar-refractivity contribution in [2.24, 2.45) is 0 Å². The van der Waals surface area contributed by atoms with E-state index in [1.807, 2.05) is 0 Å². The Morgan fingerprint density at radius 3 is 2.60 bits per heavy atom. The summed E-state index contributed by atoms with van der Waals surface area (Å²) in [5.41, 5.74) is 0.441. The summed E-state index contributed by atoms with van der Waals surface area (Å²) in [7, 11) is -3.44. The average Bonchev–Trinajstić information content (AvgIpc) is 3.18. The Kier molecular flexibility index (Phi) is 6.88. The molecular formula is C20H20FN3O4S2. The number of aromatic nitrogens is 2. The molecule has 0 aliphatic rings. The van der Waals surface area contributed by atoms with Crippen molar-refractivity contribution in [1.29, 1.82) is 0 Å². The second-order valence-electron chi connectivity index (χ2n) is 6.63. The molecule has 30 heavy (non-hydrogen) atoms. The van der Waals surface area contributed by atoms with Gasteiger partial charge in [-0.1, -0.05) is 11.2 Å². The summed E-state index contributed by atoms with van der Waals surface area (Å²) in [5.74, 6) is -0.0209. The van der Waals surface area contributed by atoms with Crippen LogP contribution in [0.15, 0.2) is 62.7 Å². The molecule has 0 fully saturated rings. The highest BCUT2D eigenvalue weighted by Crippen LogP contribution is 2.25. The highest BCUT2D eigenvalue weighted by molar-refractivity contribution is 7.99. The number of amides is 1. The standard InChI is InChI=1S/C20H20FN3O4S2/c1-13(2)30(26,27)17-5-3-4-14(12-17)19-23-24-20(28-19)22-18(25)10-11-29-16-8-6-15(21)7-9-16/h3-9,12-13H,10-11H2,1-2H3,(H,22,24,25). The predicted octanol–water partition coefficient (Wildman–Crippen LogP) is 4.18.